The Labute approximate surface area is 165 Å². The van der Waals surface area contributed by atoms with E-state index in [1.807, 2.05) is 0 Å². The zero-order valence-electron chi connectivity index (χ0n) is 15.2. The molecule has 0 aliphatic rings. The maximum Gasteiger partial charge on any atom is 0.338 e. The molecule has 0 saturated heterocycles. The van der Waals surface area contributed by atoms with Crippen LogP contribution in [-0.4, -0.2) is 60.5 Å². The van der Waals surface area contributed by atoms with Gasteiger partial charge in [0.1, 0.15) is 19.8 Å². The molecule has 0 bridgehead atoms. The van der Waals surface area contributed by atoms with Crippen LogP contribution in [0.3, 0.4) is 0 Å². The van der Waals surface area contributed by atoms with Gasteiger partial charge in [0.25, 0.3) is 0 Å². The Morgan fingerprint density at radius 3 is 1.21 bits per heavy atom. The van der Waals surface area contributed by atoms with Gasteiger partial charge in [-0.25, -0.2) is 19.2 Å². The third kappa shape index (κ3) is 6.43. The first-order chi connectivity index (χ1) is 13.9. The van der Waals surface area contributed by atoms with E-state index in [1.54, 1.807) is 0 Å². The molecular formula is C20H18O9. The average Bonchev–Trinajstić information content (AvgIpc) is 2.74. The largest absolute Gasteiger partial charge is 0.478 e. The number of benzene rings is 2. The molecule has 2 aromatic carbocycles. The van der Waals surface area contributed by atoms with E-state index in [0.717, 1.165) is 0 Å². The molecule has 9 heteroatoms. The number of aliphatic hydroxyl groups excluding tert-OH is 1. The second-order valence-corrected chi connectivity index (χ2v) is 5.59. The molecule has 2 rings (SSSR count). The molecule has 0 amide bonds. The first kappa shape index (κ1) is 21.6. The van der Waals surface area contributed by atoms with Crippen LogP contribution in [0, 0.1) is 0 Å². The van der Waals surface area contributed by atoms with Gasteiger partial charge >= 0.3 is 23.9 Å². The number of rotatable bonds is 9. The number of aliphatic hydroxyl groups is 1. The maximum atomic E-state index is 11.9. The van der Waals surface area contributed by atoms with Crippen LogP contribution in [0.2, 0.25) is 0 Å². The SMILES string of the molecule is O=C(O)c1ccc(C(=O)OCCOC(=O)c2ccc(C(=O)OCCO)cc2)cc1. The first-order valence-corrected chi connectivity index (χ1v) is 8.48. The lowest BCUT2D eigenvalue weighted by Gasteiger charge is -2.07. The molecule has 0 spiro atoms. The molecule has 0 aliphatic carbocycles. The zero-order chi connectivity index (χ0) is 21.2. The summed E-state index contributed by atoms with van der Waals surface area (Å²) in [6.45, 7) is -0.770. The van der Waals surface area contributed by atoms with E-state index < -0.39 is 23.9 Å². The highest BCUT2D eigenvalue weighted by molar-refractivity contribution is 5.94. The number of carboxylic acid groups (broad SMARTS) is 1. The molecule has 0 atom stereocenters. The van der Waals surface area contributed by atoms with Gasteiger partial charge in [0.2, 0.25) is 0 Å². The van der Waals surface area contributed by atoms with Crippen molar-refractivity contribution >= 4 is 23.9 Å². The van der Waals surface area contributed by atoms with Crippen LogP contribution in [0.1, 0.15) is 41.4 Å². The van der Waals surface area contributed by atoms with Gasteiger partial charge in [-0.1, -0.05) is 0 Å². The number of hydrogen-bond acceptors (Lipinski definition) is 8. The Morgan fingerprint density at radius 2 is 0.897 bits per heavy atom. The van der Waals surface area contributed by atoms with Crippen LogP contribution in [0.15, 0.2) is 48.5 Å². The van der Waals surface area contributed by atoms with Crippen LogP contribution in [0.5, 0.6) is 0 Å². The topological polar surface area (TPSA) is 136 Å². The molecule has 0 radical (unpaired) electrons. The molecule has 2 N–H and O–H groups in total. The van der Waals surface area contributed by atoms with Crippen LogP contribution >= 0.6 is 0 Å². The van der Waals surface area contributed by atoms with Crippen LogP contribution in [0.25, 0.3) is 0 Å². The number of carbonyl (C=O) groups is 4. The number of aromatic carboxylic acids is 1. The predicted octanol–water partition coefficient (Wildman–Crippen LogP) is 1.55. The van der Waals surface area contributed by atoms with E-state index in [4.69, 9.17) is 24.4 Å². The Bertz CT molecular complexity index is 870. The molecule has 0 aliphatic heterocycles. The summed E-state index contributed by atoms with van der Waals surface area (Å²) in [6.07, 6.45) is 0. The van der Waals surface area contributed by atoms with Gasteiger partial charge < -0.3 is 24.4 Å². The van der Waals surface area contributed by atoms with Gasteiger partial charge in [-0.2, -0.15) is 0 Å². The van der Waals surface area contributed by atoms with Crippen molar-refractivity contribution < 1.29 is 43.6 Å². The molecular weight excluding hydrogens is 384 g/mol. The normalized spacial score (nSPS) is 10.1. The van der Waals surface area contributed by atoms with Crippen molar-refractivity contribution in [2.24, 2.45) is 0 Å². The summed E-state index contributed by atoms with van der Waals surface area (Å²) in [5, 5.41) is 17.4. The monoisotopic (exact) mass is 402 g/mol. The van der Waals surface area contributed by atoms with Crippen molar-refractivity contribution in [1.82, 2.24) is 0 Å². The van der Waals surface area contributed by atoms with Crippen molar-refractivity contribution in [2.75, 3.05) is 26.4 Å². The second-order valence-electron chi connectivity index (χ2n) is 5.59. The fourth-order valence-electron chi connectivity index (χ4n) is 2.15. The van der Waals surface area contributed by atoms with Crippen LogP contribution in [-0.2, 0) is 14.2 Å². The minimum Gasteiger partial charge on any atom is -0.478 e. The fraction of sp³-hybridized carbons (Fsp3) is 0.200. The molecule has 0 unspecified atom stereocenters. The summed E-state index contributed by atoms with van der Waals surface area (Å²) in [6, 6.07) is 10.7. The molecule has 0 saturated carbocycles. The number of ether oxygens (including phenoxy) is 3. The number of carboxylic acids is 1. The number of hydrogen-bond donors (Lipinski definition) is 2. The summed E-state index contributed by atoms with van der Waals surface area (Å²) in [5.41, 5.74) is 0.630. The van der Waals surface area contributed by atoms with Gasteiger partial charge in [-0.3, -0.25) is 0 Å². The van der Waals surface area contributed by atoms with Crippen LogP contribution < -0.4 is 0 Å². The molecule has 0 aromatic heterocycles. The highest BCUT2D eigenvalue weighted by Gasteiger charge is 2.12. The fourth-order valence-corrected chi connectivity index (χ4v) is 2.15. The Hall–Kier alpha value is -3.72. The number of esters is 3. The summed E-state index contributed by atoms with van der Waals surface area (Å²) in [5.74, 6) is -3.07. The molecule has 152 valence electrons. The van der Waals surface area contributed by atoms with Crippen molar-refractivity contribution in [3.63, 3.8) is 0 Å². The highest BCUT2D eigenvalue weighted by atomic mass is 16.6. The number of carbonyl (C=O) groups excluding carboxylic acids is 3. The summed E-state index contributed by atoms with van der Waals surface area (Å²) in [4.78, 5) is 46.2. The Kier molecular flexibility index (Phi) is 7.87. The Balaban J connectivity index is 1.77. The average molecular weight is 402 g/mol. The smallest absolute Gasteiger partial charge is 0.338 e. The summed E-state index contributed by atoms with van der Waals surface area (Å²) >= 11 is 0. The first-order valence-electron chi connectivity index (χ1n) is 8.48. The van der Waals surface area contributed by atoms with Crippen molar-refractivity contribution in [3.05, 3.63) is 70.8 Å². The molecule has 2 aromatic rings. The van der Waals surface area contributed by atoms with E-state index in [2.05, 4.69) is 0 Å². The minimum absolute atomic E-state index is 0.0446. The van der Waals surface area contributed by atoms with E-state index >= 15 is 0 Å². The zero-order valence-corrected chi connectivity index (χ0v) is 15.2. The van der Waals surface area contributed by atoms with Crippen molar-refractivity contribution in [3.8, 4) is 0 Å². The molecule has 0 fully saturated rings. The standard InChI is InChI=1S/C20H18O9/c21-9-10-27-18(24)15-5-7-16(8-6-15)20(26)29-12-11-28-19(25)14-3-1-13(2-4-14)17(22)23/h1-8,21H,9-12H2,(H,22,23). The predicted molar refractivity (Wildman–Crippen MR) is 97.8 cm³/mol. The quantitative estimate of drug-likeness (QED) is 0.363. The van der Waals surface area contributed by atoms with Gasteiger partial charge in [0, 0.05) is 0 Å². The van der Waals surface area contributed by atoms with Crippen molar-refractivity contribution in [1.29, 1.82) is 0 Å². The van der Waals surface area contributed by atoms with Gasteiger partial charge in [0.15, 0.2) is 0 Å². The summed E-state index contributed by atoms with van der Waals surface area (Å²) < 4.78 is 14.7. The lowest BCUT2D eigenvalue weighted by atomic mass is 10.1. The molecule has 29 heavy (non-hydrogen) atoms. The van der Waals surface area contributed by atoms with E-state index in [0.29, 0.717) is 0 Å². The van der Waals surface area contributed by atoms with E-state index in [-0.39, 0.29) is 48.7 Å². The van der Waals surface area contributed by atoms with Crippen LogP contribution in [0.4, 0.5) is 0 Å². The van der Waals surface area contributed by atoms with Gasteiger partial charge in [-0.15, -0.1) is 0 Å². The lowest BCUT2D eigenvalue weighted by molar-refractivity contribution is 0.0265. The minimum atomic E-state index is -1.10. The van der Waals surface area contributed by atoms with E-state index in [9.17, 15) is 19.2 Å². The van der Waals surface area contributed by atoms with Gasteiger partial charge in [0.05, 0.1) is 28.9 Å². The Morgan fingerprint density at radius 1 is 0.586 bits per heavy atom. The highest BCUT2D eigenvalue weighted by Crippen LogP contribution is 2.08. The van der Waals surface area contributed by atoms with Gasteiger partial charge in [-0.05, 0) is 48.5 Å². The van der Waals surface area contributed by atoms with Crippen molar-refractivity contribution in [2.45, 2.75) is 0 Å². The maximum absolute atomic E-state index is 11.9. The second kappa shape index (κ2) is 10.6. The third-order valence-corrected chi connectivity index (χ3v) is 3.60. The third-order valence-electron chi connectivity index (χ3n) is 3.60. The van der Waals surface area contributed by atoms with E-state index in [1.165, 1.54) is 48.5 Å². The summed E-state index contributed by atoms with van der Waals surface area (Å²) in [7, 11) is 0. The molecule has 0 heterocycles. The lowest BCUT2D eigenvalue weighted by Crippen LogP contribution is -2.14. The molecule has 9 nitrogen and oxygen atoms in total.